The second-order valence-electron chi connectivity index (χ2n) is 8.51. The Balaban J connectivity index is 1.50. The number of carbonyl (C=O) groups excluding carboxylic acids is 2. The standard InChI is InChI=1S/C25H32N4O4/c1-26-24(31)25(22-9-4-5-11-27-22)10-6-12-29(19-25)23(30)20-7-2-3-8-21(20)33-18-15-28-13-16-32-17-14-28/h2-5,7-9,11H,6,10,12-19H2,1H3,(H,26,31). The molecular formula is C25H32N4O4. The van der Waals surface area contributed by atoms with Crippen LogP contribution in [0, 0.1) is 0 Å². The molecule has 3 heterocycles. The van der Waals surface area contributed by atoms with Crippen LogP contribution in [-0.2, 0) is 14.9 Å². The van der Waals surface area contributed by atoms with Crippen molar-refractivity contribution in [3.05, 3.63) is 59.9 Å². The molecule has 2 aliphatic heterocycles. The number of pyridine rings is 1. The summed E-state index contributed by atoms with van der Waals surface area (Å²) < 4.78 is 11.4. The number of morpholine rings is 1. The Morgan fingerprint density at radius 3 is 2.67 bits per heavy atom. The minimum Gasteiger partial charge on any atom is -0.491 e. The van der Waals surface area contributed by atoms with E-state index < -0.39 is 5.41 Å². The first-order valence-electron chi connectivity index (χ1n) is 11.6. The van der Waals surface area contributed by atoms with Gasteiger partial charge in [0.2, 0.25) is 5.91 Å². The van der Waals surface area contributed by atoms with Gasteiger partial charge < -0.3 is 19.7 Å². The van der Waals surface area contributed by atoms with Crippen molar-refractivity contribution in [3.63, 3.8) is 0 Å². The number of amides is 2. The van der Waals surface area contributed by atoms with Crippen LogP contribution in [0.5, 0.6) is 5.75 Å². The smallest absolute Gasteiger partial charge is 0.257 e. The highest BCUT2D eigenvalue weighted by Crippen LogP contribution is 2.34. The highest BCUT2D eigenvalue weighted by molar-refractivity contribution is 5.98. The minimum atomic E-state index is -0.865. The molecule has 0 saturated carbocycles. The van der Waals surface area contributed by atoms with Crippen LogP contribution in [0.15, 0.2) is 48.7 Å². The second kappa shape index (κ2) is 10.8. The van der Waals surface area contributed by atoms with Crippen molar-refractivity contribution in [1.29, 1.82) is 0 Å². The molecule has 8 nitrogen and oxygen atoms in total. The van der Waals surface area contributed by atoms with E-state index in [2.05, 4.69) is 15.2 Å². The zero-order chi connectivity index (χ0) is 23.1. The van der Waals surface area contributed by atoms with Gasteiger partial charge in [0.1, 0.15) is 17.8 Å². The zero-order valence-electron chi connectivity index (χ0n) is 19.2. The van der Waals surface area contributed by atoms with Crippen molar-refractivity contribution < 1.29 is 19.1 Å². The van der Waals surface area contributed by atoms with Gasteiger partial charge in [-0.2, -0.15) is 0 Å². The van der Waals surface area contributed by atoms with E-state index >= 15 is 0 Å². The quantitative estimate of drug-likeness (QED) is 0.689. The average Bonchev–Trinajstić information content (AvgIpc) is 2.89. The van der Waals surface area contributed by atoms with Crippen LogP contribution in [0.25, 0.3) is 0 Å². The molecule has 0 spiro atoms. The molecule has 176 valence electrons. The fourth-order valence-corrected chi connectivity index (χ4v) is 4.67. The number of likely N-dealkylation sites (N-methyl/N-ethyl adjacent to an activating group) is 1. The summed E-state index contributed by atoms with van der Waals surface area (Å²) >= 11 is 0. The van der Waals surface area contributed by atoms with Gasteiger partial charge in [0.25, 0.3) is 5.91 Å². The Labute approximate surface area is 194 Å². The van der Waals surface area contributed by atoms with Crippen LogP contribution >= 0.6 is 0 Å². The lowest BCUT2D eigenvalue weighted by atomic mass is 9.75. The molecule has 0 aliphatic carbocycles. The predicted octanol–water partition coefficient (Wildman–Crippen LogP) is 1.71. The van der Waals surface area contributed by atoms with E-state index in [0.717, 1.165) is 39.3 Å². The summed E-state index contributed by atoms with van der Waals surface area (Å²) in [6.07, 6.45) is 3.05. The number of benzene rings is 1. The van der Waals surface area contributed by atoms with Gasteiger partial charge in [0, 0.05) is 46.0 Å². The van der Waals surface area contributed by atoms with E-state index in [9.17, 15) is 9.59 Å². The van der Waals surface area contributed by atoms with Crippen LogP contribution in [0.1, 0.15) is 28.9 Å². The van der Waals surface area contributed by atoms with E-state index in [1.807, 2.05) is 36.4 Å². The number of nitrogens with zero attached hydrogens (tertiary/aromatic N) is 3. The molecule has 1 N–H and O–H groups in total. The Bertz CT molecular complexity index is 948. The molecule has 8 heteroatoms. The molecule has 2 aliphatic rings. The number of carbonyl (C=O) groups is 2. The fraction of sp³-hybridized carbons (Fsp3) is 0.480. The van der Waals surface area contributed by atoms with Gasteiger partial charge in [-0.25, -0.2) is 0 Å². The van der Waals surface area contributed by atoms with E-state index in [1.165, 1.54) is 0 Å². The Morgan fingerprint density at radius 2 is 1.91 bits per heavy atom. The van der Waals surface area contributed by atoms with E-state index in [-0.39, 0.29) is 18.4 Å². The van der Waals surface area contributed by atoms with Gasteiger partial charge in [0.15, 0.2) is 0 Å². The largest absolute Gasteiger partial charge is 0.491 e. The van der Waals surface area contributed by atoms with Crippen molar-refractivity contribution >= 4 is 11.8 Å². The molecule has 1 aromatic carbocycles. The summed E-state index contributed by atoms with van der Waals surface area (Å²) in [5.41, 5.74) is 0.348. The third-order valence-electron chi connectivity index (χ3n) is 6.48. The van der Waals surface area contributed by atoms with Crippen LogP contribution < -0.4 is 10.1 Å². The van der Waals surface area contributed by atoms with Crippen molar-refractivity contribution in [1.82, 2.24) is 20.1 Å². The third-order valence-corrected chi connectivity index (χ3v) is 6.48. The van der Waals surface area contributed by atoms with Crippen LogP contribution in [0.2, 0.25) is 0 Å². The Morgan fingerprint density at radius 1 is 1.12 bits per heavy atom. The van der Waals surface area contributed by atoms with Gasteiger partial charge in [-0.3, -0.25) is 19.5 Å². The number of piperidine rings is 1. The lowest BCUT2D eigenvalue weighted by Crippen LogP contribution is -2.56. The van der Waals surface area contributed by atoms with Crippen molar-refractivity contribution in [3.8, 4) is 5.75 Å². The maximum absolute atomic E-state index is 13.6. The molecule has 1 aromatic heterocycles. The number of rotatable bonds is 7. The Kier molecular flexibility index (Phi) is 7.57. The number of hydrogen-bond donors (Lipinski definition) is 1. The number of ether oxygens (including phenoxy) is 2. The highest BCUT2D eigenvalue weighted by Gasteiger charge is 2.45. The molecule has 0 bridgehead atoms. The molecule has 1 unspecified atom stereocenters. The summed E-state index contributed by atoms with van der Waals surface area (Å²) in [7, 11) is 1.63. The van der Waals surface area contributed by atoms with Crippen molar-refractivity contribution in [2.45, 2.75) is 18.3 Å². The average molecular weight is 453 g/mol. The summed E-state index contributed by atoms with van der Waals surface area (Å²) in [5.74, 6) is 0.333. The second-order valence-corrected chi connectivity index (χ2v) is 8.51. The van der Waals surface area contributed by atoms with Crippen LogP contribution in [-0.4, -0.2) is 86.2 Å². The molecule has 0 radical (unpaired) electrons. The Hall–Kier alpha value is -2.97. The fourth-order valence-electron chi connectivity index (χ4n) is 4.67. The van der Waals surface area contributed by atoms with Gasteiger partial charge in [0.05, 0.1) is 24.5 Å². The molecule has 33 heavy (non-hydrogen) atoms. The van der Waals surface area contributed by atoms with Crippen LogP contribution in [0.3, 0.4) is 0 Å². The third kappa shape index (κ3) is 5.17. The zero-order valence-corrected chi connectivity index (χ0v) is 19.2. The van der Waals surface area contributed by atoms with E-state index in [4.69, 9.17) is 9.47 Å². The van der Waals surface area contributed by atoms with Crippen molar-refractivity contribution in [2.75, 3.05) is 59.6 Å². The predicted molar refractivity (Wildman–Crippen MR) is 124 cm³/mol. The van der Waals surface area contributed by atoms with Crippen LogP contribution in [0.4, 0.5) is 0 Å². The topological polar surface area (TPSA) is 84.0 Å². The van der Waals surface area contributed by atoms with E-state index in [1.54, 1.807) is 24.2 Å². The lowest BCUT2D eigenvalue weighted by Gasteiger charge is -2.41. The molecule has 2 fully saturated rings. The van der Waals surface area contributed by atoms with Gasteiger partial charge in [-0.1, -0.05) is 18.2 Å². The molecule has 2 aromatic rings. The number of likely N-dealkylation sites (tertiary alicyclic amines) is 1. The summed E-state index contributed by atoms with van der Waals surface area (Å²) in [4.78, 5) is 35.1. The number of para-hydroxylation sites is 1. The number of aromatic nitrogens is 1. The summed E-state index contributed by atoms with van der Waals surface area (Å²) in [6.45, 7) is 5.44. The molecule has 1 atom stereocenters. The van der Waals surface area contributed by atoms with Gasteiger partial charge >= 0.3 is 0 Å². The first kappa shape index (κ1) is 23.2. The molecule has 2 amide bonds. The van der Waals surface area contributed by atoms with Gasteiger partial charge in [-0.15, -0.1) is 0 Å². The van der Waals surface area contributed by atoms with Crippen molar-refractivity contribution in [2.24, 2.45) is 0 Å². The summed E-state index contributed by atoms with van der Waals surface area (Å²) in [5, 5.41) is 2.79. The number of nitrogens with one attached hydrogen (secondary N) is 1. The minimum absolute atomic E-state index is 0.117. The maximum Gasteiger partial charge on any atom is 0.257 e. The molecular weight excluding hydrogens is 420 g/mol. The number of hydrogen-bond acceptors (Lipinski definition) is 6. The maximum atomic E-state index is 13.6. The van der Waals surface area contributed by atoms with Gasteiger partial charge in [-0.05, 0) is 37.1 Å². The molecule has 2 saturated heterocycles. The SMILES string of the molecule is CNC(=O)C1(c2ccccn2)CCCN(C(=O)c2ccccc2OCCN2CCOCC2)C1. The molecule has 4 rings (SSSR count). The summed E-state index contributed by atoms with van der Waals surface area (Å²) in [6, 6.07) is 12.9. The monoisotopic (exact) mass is 452 g/mol. The normalized spacial score (nSPS) is 21.4. The van der Waals surface area contributed by atoms with E-state index in [0.29, 0.717) is 36.6 Å². The highest BCUT2D eigenvalue weighted by atomic mass is 16.5. The first-order chi connectivity index (χ1) is 16.1. The lowest BCUT2D eigenvalue weighted by molar-refractivity contribution is -0.128. The first-order valence-corrected chi connectivity index (χ1v) is 11.6.